The Balaban J connectivity index is 3.08. The summed E-state index contributed by atoms with van der Waals surface area (Å²) in [6.45, 7) is 4.56. The quantitative estimate of drug-likeness (QED) is 0.224. The molecule has 0 aliphatic carbocycles. The topological polar surface area (TPSA) is 141 Å². The van der Waals surface area contributed by atoms with E-state index in [2.05, 4.69) is 9.99 Å². The Bertz CT molecular complexity index is 775. The van der Waals surface area contributed by atoms with Gasteiger partial charge in [0.15, 0.2) is 0 Å². The maximum atomic E-state index is 12.4. The fourth-order valence-electron chi connectivity index (χ4n) is 1.70. The summed E-state index contributed by atoms with van der Waals surface area (Å²) in [4.78, 5) is 26.8. The number of nitrogens with zero attached hydrogens (tertiary/aromatic N) is 3. The Morgan fingerprint density at radius 2 is 1.96 bits per heavy atom. The van der Waals surface area contributed by atoms with Crippen molar-refractivity contribution in [3.63, 3.8) is 0 Å². The van der Waals surface area contributed by atoms with Crippen LogP contribution in [0.1, 0.15) is 29.8 Å². The molecule has 25 heavy (non-hydrogen) atoms. The third kappa shape index (κ3) is 5.19. The third-order valence-corrected chi connectivity index (χ3v) is 4.71. The van der Waals surface area contributed by atoms with Crippen LogP contribution in [-0.4, -0.2) is 29.6 Å². The molecule has 0 saturated heterocycles. The summed E-state index contributed by atoms with van der Waals surface area (Å²) in [6.07, 6.45) is 0. The van der Waals surface area contributed by atoms with Crippen LogP contribution < -0.4 is 0 Å². The van der Waals surface area contributed by atoms with Gasteiger partial charge >= 0.3 is 13.6 Å². The van der Waals surface area contributed by atoms with Crippen LogP contribution in [0.25, 0.3) is 0 Å². The number of rotatable bonds is 8. The van der Waals surface area contributed by atoms with Gasteiger partial charge in [0.2, 0.25) is 0 Å². The first-order valence-corrected chi connectivity index (χ1v) is 8.67. The smallest absolute Gasteiger partial charge is 0.311 e. The van der Waals surface area contributed by atoms with Crippen molar-refractivity contribution in [2.75, 3.05) is 13.2 Å². The van der Waals surface area contributed by atoms with E-state index in [0.717, 1.165) is 6.07 Å². The summed E-state index contributed by atoms with van der Waals surface area (Å²) in [5.41, 5.74) is -0.791. The first-order chi connectivity index (χ1) is 11.8. The van der Waals surface area contributed by atoms with Crippen LogP contribution in [-0.2, 0) is 18.5 Å². The van der Waals surface area contributed by atoms with Gasteiger partial charge in [-0.2, -0.15) is 5.26 Å². The Kier molecular flexibility index (Phi) is 7.39. The molecule has 0 radical (unpaired) electrons. The van der Waals surface area contributed by atoms with Gasteiger partial charge in [-0.1, -0.05) is 11.2 Å². The van der Waals surface area contributed by atoms with Crippen LogP contribution in [0.3, 0.4) is 0 Å². The fraction of sp³-hybridized carbons (Fsp3) is 0.357. The minimum absolute atomic E-state index is 0.0178. The van der Waals surface area contributed by atoms with Crippen molar-refractivity contribution < 1.29 is 28.2 Å². The molecule has 10 nitrogen and oxygen atoms in total. The van der Waals surface area contributed by atoms with Gasteiger partial charge in [0, 0.05) is 11.6 Å². The first kappa shape index (κ1) is 20.4. The van der Waals surface area contributed by atoms with Gasteiger partial charge in [-0.3, -0.25) is 14.7 Å². The molecule has 0 aliphatic heterocycles. The van der Waals surface area contributed by atoms with E-state index in [9.17, 15) is 19.5 Å². The molecule has 11 heteroatoms. The average molecular weight is 369 g/mol. The summed E-state index contributed by atoms with van der Waals surface area (Å²) >= 11 is 0. The highest BCUT2D eigenvalue weighted by Crippen LogP contribution is 2.49. The van der Waals surface area contributed by atoms with Gasteiger partial charge in [0.05, 0.1) is 23.7 Å². The number of nitriles is 1. The average Bonchev–Trinajstić information content (AvgIpc) is 2.55. The van der Waals surface area contributed by atoms with Crippen molar-refractivity contribution in [1.29, 1.82) is 5.26 Å². The van der Waals surface area contributed by atoms with Crippen molar-refractivity contribution in [3.05, 3.63) is 39.4 Å². The van der Waals surface area contributed by atoms with E-state index in [4.69, 9.17) is 14.3 Å². The van der Waals surface area contributed by atoms with E-state index in [1.54, 1.807) is 0 Å². The Morgan fingerprint density at radius 3 is 2.44 bits per heavy atom. The summed E-state index contributed by atoms with van der Waals surface area (Å²) in [5, 5.41) is 23.2. The van der Waals surface area contributed by atoms with E-state index in [0.29, 0.717) is 5.56 Å². The Morgan fingerprint density at radius 1 is 1.36 bits per heavy atom. The number of nitro benzene ring substituents is 1. The van der Waals surface area contributed by atoms with E-state index in [1.165, 1.54) is 39.0 Å². The molecule has 1 aromatic carbocycles. The number of carbonyl (C=O) groups is 1. The molecule has 0 spiro atoms. The summed E-state index contributed by atoms with van der Waals surface area (Å²) < 4.78 is 22.3. The lowest BCUT2D eigenvalue weighted by Gasteiger charge is -2.13. The van der Waals surface area contributed by atoms with Gasteiger partial charge in [0.1, 0.15) is 6.07 Å². The van der Waals surface area contributed by atoms with Crippen molar-refractivity contribution in [1.82, 2.24) is 0 Å². The third-order valence-electron chi connectivity index (χ3n) is 2.81. The zero-order chi connectivity index (χ0) is 19.0. The van der Waals surface area contributed by atoms with E-state index >= 15 is 0 Å². The molecule has 0 fully saturated rings. The zero-order valence-electron chi connectivity index (χ0n) is 13.8. The van der Waals surface area contributed by atoms with E-state index in [1.807, 2.05) is 0 Å². The molecule has 134 valence electrons. The molecule has 0 amide bonds. The highest BCUT2D eigenvalue weighted by Gasteiger charge is 2.33. The number of hydrogen-bond donors (Lipinski definition) is 0. The summed E-state index contributed by atoms with van der Waals surface area (Å²) in [5.74, 6) is -1.06. The molecule has 1 rings (SSSR count). The van der Waals surface area contributed by atoms with Crippen LogP contribution in [0.4, 0.5) is 5.69 Å². The number of aryl methyl sites for hydroxylation is 1. The lowest BCUT2D eigenvalue weighted by Crippen LogP contribution is -2.09. The predicted octanol–water partition coefficient (Wildman–Crippen LogP) is 3.16. The SMILES string of the molecule is CCOP(=O)(OCC)C(C#N)=NOC(=O)c1ccc(C)c([N+](=O)[O-])c1. The van der Waals surface area contributed by atoms with Crippen molar-refractivity contribution in [3.8, 4) is 6.07 Å². The van der Waals surface area contributed by atoms with Crippen molar-refractivity contribution in [2.24, 2.45) is 5.16 Å². The van der Waals surface area contributed by atoms with E-state index < -0.39 is 23.9 Å². The van der Waals surface area contributed by atoms with Crippen LogP contribution in [0.2, 0.25) is 0 Å². The fourth-order valence-corrected chi connectivity index (χ4v) is 2.96. The summed E-state index contributed by atoms with van der Waals surface area (Å²) in [7, 11) is -4.01. The van der Waals surface area contributed by atoms with Crippen LogP contribution in [0.15, 0.2) is 23.4 Å². The van der Waals surface area contributed by atoms with Crippen LogP contribution in [0, 0.1) is 28.4 Å². The molecule has 0 heterocycles. The molecule has 0 unspecified atom stereocenters. The Hall–Kier alpha value is -2.60. The molecule has 0 bridgehead atoms. The number of carbonyl (C=O) groups excluding carboxylic acids is 1. The molecule has 1 aromatic rings. The standard InChI is InChI=1S/C14H16N3O7P/c1-4-22-25(21,23-5-2)13(9-15)16-24-14(18)11-7-6-10(3)12(8-11)17(19)20/h6-8H,4-5H2,1-3H3. The molecule has 0 aromatic heterocycles. The first-order valence-electron chi connectivity index (χ1n) is 7.13. The molecule has 0 N–H and O–H groups in total. The largest absolute Gasteiger partial charge is 0.393 e. The lowest BCUT2D eigenvalue weighted by molar-refractivity contribution is -0.385. The molecule has 0 saturated carbocycles. The van der Waals surface area contributed by atoms with Gasteiger partial charge < -0.3 is 13.9 Å². The minimum Gasteiger partial charge on any atom is -0.311 e. The normalized spacial score (nSPS) is 11.7. The highest BCUT2D eigenvalue weighted by atomic mass is 31.2. The number of benzene rings is 1. The predicted molar refractivity (Wildman–Crippen MR) is 87.2 cm³/mol. The molecular formula is C14H16N3O7P. The number of nitro groups is 1. The van der Waals surface area contributed by atoms with Gasteiger partial charge in [0.25, 0.3) is 11.1 Å². The molecule has 0 aliphatic rings. The van der Waals surface area contributed by atoms with Crippen molar-refractivity contribution in [2.45, 2.75) is 20.8 Å². The van der Waals surface area contributed by atoms with Gasteiger partial charge in [-0.15, -0.1) is 0 Å². The Labute approximate surface area is 143 Å². The van der Waals surface area contributed by atoms with Gasteiger partial charge in [-0.05, 0) is 26.8 Å². The van der Waals surface area contributed by atoms with Crippen LogP contribution in [0.5, 0.6) is 0 Å². The molecule has 0 atom stereocenters. The van der Waals surface area contributed by atoms with E-state index in [-0.39, 0.29) is 24.5 Å². The number of oxime groups is 1. The second kappa shape index (κ2) is 9.03. The van der Waals surface area contributed by atoms with Crippen LogP contribution >= 0.6 is 7.60 Å². The van der Waals surface area contributed by atoms with Crippen molar-refractivity contribution >= 4 is 24.7 Å². The molecular weight excluding hydrogens is 353 g/mol. The monoisotopic (exact) mass is 369 g/mol. The minimum atomic E-state index is -4.01. The zero-order valence-corrected chi connectivity index (χ0v) is 14.7. The highest BCUT2D eigenvalue weighted by molar-refractivity contribution is 7.73. The maximum Gasteiger partial charge on any atom is 0.393 e. The maximum absolute atomic E-state index is 12.4. The number of hydrogen-bond acceptors (Lipinski definition) is 9. The second-order valence-electron chi connectivity index (χ2n) is 4.50. The van der Waals surface area contributed by atoms with Gasteiger partial charge in [-0.25, -0.2) is 4.79 Å². The lowest BCUT2D eigenvalue weighted by atomic mass is 10.1. The summed E-state index contributed by atoms with van der Waals surface area (Å²) in [6, 6.07) is 5.20. The second-order valence-corrected chi connectivity index (χ2v) is 6.43.